The van der Waals surface area contributed by atoms with Crippen molar-refractivity contribution in [3.63, 3.8) is 0 Å². The number of hydrogen-bond acceptors (Lipinski definition) is 2. The van der Waals surface area contributed by atoms with Gasteiger partial charge in [-0.1, -0.05) is 64.1 Å². The number of rotatable bonds is 8. The molecule has 0 saturated heterocycles. The maximum absolute atomic E-state index is 5.94. The molecule has 0 aliphatic heterocycles. The SMILES string of the molecule is CCC(C)c1ccccc1OPOc1ccccc1C(C)CC. The summed E-state index contributed by atoms with van der Waals surface area (Å²) in [5.74, 6) is 2.84. The molecule has 0 N–H and O–H groups in total. The maximum atomic E-state index is 5.94. The molecule has 2 atom stereocenters. The fourth-order valence-electron chi connectivity index (χ4n) is 2.51. The van der Waals surface area contributed by atoms with Crippen molar-refractivity contribution in [2.75, 3.05) is 0 Å². The Bertz CT molecular complexity index is 559. The highest BCUT2D eigenvalue weighted by Gasteiger charge is 2.12. The molecule has 2 nitrogen and oxygen atoms in total. The normalized spacial score (nSPS) is 13.9. The molecule has 0 fully saturated rings. The van der Waals surface area contributed by atoms with E-state index in [2.05, 4.69) is 52.0 Å². The van der Waals surface area contributed by atoms with Gasteiger partial charge in [-0.05, 0) is 47.9 Å². The topological polar surface area (TPSA) is 18.5 Å². The first-order valence-corrected chi connectivity index (χ1v) is 9.25. The summed E-state index contributed by atoms with van der Waals surface area (Å²) < 4.78 is 11.9. The van der Waals surface area contributed by atoms with Gasteiger partial charge in [0.1, 0.15) is 11.5 Å². The van der Waals surface area contributed by atoms with Crippen LogP contribution in [0, 0.1) is 0 Å². The van der Waals surface area contributed by atoms with Crippen LogP contribution in [0.2, 0.25) is 0 Å². The third-order valence-electron chi connectivity index (χ3n) is 4.43. The molecule has 0 bridgehead atoms. The fraction of sp³-hybridized carbons (Fsp3) is 0.400. The highest BCUT2D eigenvalue weighted by Crippen LogP contribution is 2.35. The molecule has 23 heavy (non-hydrogen) atoms. The maximum Gasteiger partial charge on any atom is 0.275 e. The number of benzene rings is 2. The zero-order valence-corrected chi connectivity index (χ0v) is 15.5. The van der Waals surface area contributed by atoms with Crippen LogP contribution in [0.4, 0.5) is 0 Å². The van der Waals surface area contributed by atoms with Crippen molar-refractivity contribution >= 4 is 9.03 Å². The largest absolute Gasteiger partial charge is 0.440 e. The van der Waals surface area contributed by atoms with Gasteiger partial charge in [0.05, 0.1) is 0 Å². The van der Waals surface area contributed by atoms with Crippen molar-refractivity contribution in [2.24, 2.45) is 0 Å². The first-order valence-electron chi connectivity index (χ1n) is 8.43. The molecule has 0 saturated carbocycles. The fourth-order valence-corrected chi connectivity index (χ4v) is 3.10. The summed E-state index contributed by atoms with van der Waals surface area (Å²) >= 11 is 0. The lowest BCUT2D eigenvalue weighted by atomic mass is 9.98. The van der Waals surface area contributed by atoms with E-state index in [1.54, 1.807) is 0 Å². The van der Waals surface area contributed by atoms with Crippen molar-refractivity contribution in [3.8, 4) is 11.5 Å². The minimum absolute atomic E-state index is 0.0319. The van der Waals surface area contributed by atoms with Crippen LogP contribution in [0.1, 0.15) is 63.5 Å². The van der Waals surface area contributed by atoms with E-state index in [9.17, 15) is 0 Å². The van der Waals surface area contributed by atoms with Gasteiger partial charge >= 0.3 is 0 Å². The molecule has 0 aliphatic carbocycles. The van der Waals surface area contributed by atoms with Gasteiger partial charge in [0, 0.05) is 0 Å². The van der Waals surface area contributed by atoms with Gasteiger partial charge in [0.15, 0.2) is 0 Å². The van der Waals surface area contributed by atoms with Crippen LogP contribution in [-0.2, 0) is 0 Å². The molecular formula is C20H27O2P. The highest BCUT2D eigenvalue weighted by atomic mass is 31.1. The standard InChI is InChI=1S/C20H27O2P/c1-5-15(3)17-11-7-9-13-19(17)21-23-22-20-14-10-8-12-18(20)16(4)6-2/h7-16,23H,5-6H2,1-4H3. The minimum Gasteiger partial charge on any atom is -0.440 e. The van der Waals surface area contributed by atoms with Gasteiger partial charge < -0.3 is 9.05 Å². The predicted molar refractivity (Wildman–Crippen MR) is 99.9 cm³/mol. The second-order valence-electron chi connectivity index (χ2n) is 5.98. The van der Waals surface area contributed by atoms with Crippen LogP contribution in [0.15, 0.2) is 48.5 Å². The minimum atomic E-state index is -0.0319. The highest BCUT2D eigenvalue weighted by molar-refractivity contribution is 7.27. The quantitative estimate of drug-likeness (QED) is 0.503. The summed E-state index contributed by atoms with van der Waals surface area (Å²) in [4.78, 5) is 0. The first-order chi connectivity index (χ1) is 11.2. The molecular weight excluding hydrogens is 303 g/mol. The Hall–Kier alpha value is -1.53. The molecule has 0 heterocycles. The van der Waals surface area contributed by atoms with E-state index in [1.165, 1.54) is 11.1 Å². The monoisotopic (exact) mass is 330 g/mol. The van der Waals surface area contributed by atoms with Crippen LogP contribution in [0.3, 0.4) is 0 Å². The smallest absolute Gasteiger partial charge is 0.275 e. The molecule has 2 aromatic carbocycles. The van der Waals surface area contributed by atoms with E-state index in [0.717, 1.165) is 24.3 Å². The lowest BCUT2D eigenvalue weighted by Gasteiger charge is -2.17. The first kappa shape index (κ1) is 17.8. The second kappa shape index (κ2) is 8.93. The van der Waals surface area contributed by atoms with E-state index in [-0.39, 0.29) is 9.03 Å². The number of para-hydroxylation sites is 2. The van der Waals surface area contributed by atoms with Gasteiger partial charge in [-0.3, -0.25) is 0 Å². The van der Waals surface area contributed by atoms with Gasteiger partial charge in [-0.15, -0.1) is 0 Å². The van der Waals surface area contributed by atoms with Crippen LogP contribution in [-0.4, -0.2) is 0 Å². The predicted octanol–water partition coefficient (Wildman–Crippen LogP) is 6.68. The van der Waals surface area contributed by atoms with E-state index in [1.807, 2.05) is 24.3 Å². The average molecular weight is 330 g/mol. The molecule has 0 aliphatic rings. The second-order valence-corrected chi connectivity index (χ2v) is 6.56. The van der Waals surface area contributed by atoms with Crippen molar-refractivity contribution in [3.05, 3.63) is 59.7 Å². The Kier molecular flexibility index (Phi) is 6.92. The van der Waals surface area contributed by atoms with E-state index in [0.29, 0.717) is 11.8 Å². The lowest BCUT2D eigenvalue weighted by molar-refractivity contribution is 0.500. The van der Waals surface area contributed by atoms with Gasteiger partial charge in [0.25, 0.3) is 9.03 Å². The van der Waals surface area contributed by atoms with Gasteiger partial charge in [-0.2, -0.15) is 0 Å². The van der Waals surface area contributed by atoms with Crippen LogP contribution in [0.5, 0.6) is 11.5 Å². The Balaban J connectivity index is 2.04. The Labute approximate surface area is 142 Å². The Morgan fingerprint density at radius 1 is 0.739 bits per heavy atom. The van der Waals surface area contributed by atoms with E-state index >= 15 is 0 Å². The lowest BCUT2D eigenvalue weighted by Crippen LogP contribution is -1.97. The van der Waals surface area contributed by atoms with Crippen LogP contribution in [0.25, 0.3) is 0 Å². The zero-order valence-electron chi connectivity index (χ0n) is 14.5. The molecule has 0 spiro atoms. The molecule has 0 amide bonds. The summed E-state index contributed by atoms with van der Waals surface area (Å²) in [6.45, 7) is 8.85. The molecule has 2 rings (SSSR count). The Morgan fingerprint density at radius 3 is 1.52 bits per heavy atom. The van der Waals surface area contributed by atoms with Crippen molar-refractivity contribution < 1.29 is 9.05 Å². The molecule has 3 heteroatoms. The zero-order chi connectivity index (χ0) is 16.7. The summed E-state index contributed by atoms with van der Waals surface area (Å²) in [5, 5.41) is 0. The summed E-state index contributed by atoms with van der Waals surface area (Å²) in [5.41, 5.74) is 2.50. The Morgan fingerprint density at radius 2 is 1.13 bits per heavy atom. The molecule has 0 radical (unpaired) electrons. The van der Waals surface area contributed by atoms with E-state index < -0.39 is 0 Å². The third kappa shape index (κ3) is 4.72. The van der Waals surface area contributed by atoms with E-state index in [4.69, 9.17) is 9.05 Å². The summed E-state index contributed by atoms with van der Waals surface area (Å²) in [7, 11) is -0.0319. The summed E-state index contributed by atoms with van der Waals surface area (Å²) in [6.07, 6.45) is 2.20. The van der Waals surface area contributed by atoms with Crippen LogP contribution < -0.4 is 9.05 Å². The van der Waals surface area contributed by atoms with Crippen molar-refractivity contribution in [1.29, 1.82) is 0 Å². The number of hydrogen-bond donors (Lipinski definition) is 0. The third-order valence-corrected chi connectivity index (χ3v) is 5.03. The van der Waals surface area contributed by atoms with Crippen molar-refractivity contribution in [2.45, 2.75) is 52.4 Å². The van der Waals surface area contributed by atoms with Gasteiger partial charge in [-0.25, -0.2) is 0 Å². The van der Waals surface area contributed by atoms with Crippen LogP contribution >= 0.6 is 9.03 Å². The van der Waals surface area contributed by atoms with Gasteiger partial charge in [0.2, 0.25) is 0 Å². The van der Waals surface area contributed by atoms with Crippen molar-refractivity contribution in [1.82, 2.24) is 0 Å². The summed E-state index contributed by atoms with van der Waals surface area (Å²) in [6, 6.07) is 16.5. The molecule has 124 valence electrons. The molecule has 0 aromatic heterocycles. The average Bonchev–Trinajstić information content (AvgIpc) is 2.61. The molecule has 2 unspecified atom stereocenters. The molecule has 2 aromatic rings.